The van der Waals surface area contributed by atoms with Gasteiger partial charge in [0.05, 0.1) is 11.0 Å². The molecule has 1 fully saturated rings. The molecule has 0 bridgehead atoms. The van der Waals surface area contributed by atoms with E-state index in [1.165, 1.54) is 12.1 Å². The van der Waals surface area contributed by atoms with Crippen molar-refractivity contribution in [2.75, 3.05) is 5.32 Å². The Bertz CT molecular complexity index is 1100. The van der Waals surface area contributed by atoms with Crippen LogP contribution >= 0.6 is 0 Å². The molecular weight excluding hydrogens is 425 g/mol. The lowest BCUT2D eigenvalue weighted by atomic mass is 10.1. The molecule has 0 aliphatic heterocycles. The number of para-hydroxylation sites is 2. The number of hydrogen-bond donors (Lipinski definition) is 3. The van der Waals surface area contributed by atoms with Crippen LogP contribution in [0.4, 0.5) is 18.9 Å². The minimum Gasteiger partial charge on any atom is -0.406 e. The van der Waals surface area contributed by atoms with Gasteiger partial charge in [-0.25, -0.2) is 4.98 Å². The van der Waals surface area contributed by atoms with Gasteiger partial charge < -0.3 is 20.4 Å². The molecule has 4 rings (SSSR count). The van der Waals surface area contributed by atoms with Crippen molar-refractivity contribution in [1.29, 1.82) is 0 Å². The number of imidazole rings is 1. The van der Waals surface area contributed by atoms with Crippen LogP contribution in [0, 0.1) is 5.92 Å². The summed E-state index contributed by atoms with van der Waals surface area (Å²) >= 11 is 0. The summed E-state index contributed by atoms with van der Waals surface area (Å²) in [6, 6.07) is 12.4. The maximum Gasteiger partial charge on any atom is 0.573 e. The maximum absolute atomic E-state index is 12.7. The molecule has 1 aromatic heterocycles. The first kappa shape index (κ1) is 21.7. The quantitative estimate of drug-likeness (QED) is 0.513. The van der Waals surface area contributed by atoms with Crippen molar-refractivity contribution >= 4 is 28.5 Å². The molecule has 7 nitrogen and oxygen atoms in total. The van der Waals surface area contributed by atoms with Crippen molar-refractivity contribution in [3.63, 3.8) is 0 Å². The van der Waals surface area contributed by atoms with Gasteiger partial charge in [-0.2, -0.15) is 0 Å². The summed E-state index contributed by atoms with van der Waals surface area (Å²) < 4.78 is 40.6. The number of halogens is 3. The zero-order valence-corrected chi connectivity index (χ0v) is 17.1. The van der Waals surface area contributed by atoms with Gasteiger partial charge in [0, 0.05) is 18.0 Å². The highest BCUT2D eigenvalue weighted by Crippen LogP contribution is 2.37. The Balaban J connectivity index is 1.34. The Morgan fingerprint density at radius 1 is 1.16 bits per heavy atom. The van der Waals surface area contributed by atoms with E-state index in [1.54, 1.807) is 6.92 Å². The number of benzene rings is 2. The summed E-state index contributed by atoms with van der Waals surface area (Å²) in [6.07, 6.45) is -3.43. The Hall–Kier alpha value is -3.56. The minimum absolute atomic E-state index is 0.271. The standard InChI is InChI=1S/C22H21F3N4O3/c1-13(12-18-27-16-4-2-3-5-17(16)28-18)19(30)29-21(10-11-21)20(31)26-14-6-8-15(9-7-14)32-22(23,24)25/h2-9,13H,10-12H2,1H3,(H,26,31)(H,27,28)(H,29,30)/t13-/m0/s1. The van der Waals surface area contributed by atoms with E-state index < -0.39 is 23.7 Å². The monoisotopic (exact) mass is 446 g/mol. The lowest BCUT2D eigenvalue weighted by molar-refractivity contribution is -0.274. The lowest BCUT2D eigenvalue weighted by Crippen LogP contribution is -2.48. The van der Waals surface area contributed by atoms with Crippen LogP contribution < -0.4 is 15.4 Å². The SMILES string of the molecule is C[C@@H](Cc1nc2ccccc2[nH]1)C(=O)NC1(C(=O)Nc2ccc(OC(F)(F)F)cc2)CC1. The van der Waals surface area contributed by atoms with E-state index in [-0.39, 0.29) is 11.7 Å². The average molecular weight is 446 g/mol. The van der Waals surface area contributed by atoms with Crippen molar-refractivity contribution in [2.24, 2.45) is 5.92 Å². The van der Waals surface area contributed by atoms with Crippen molar-refractivity contribution in [3.05, 3.63) is 54.4 Å². The molecule has 3 aromatic rings. The summed E-state index contributed by atoms with van der Waals surface area (Å²) in [4.78, 5) is 33.0. The van der Waals surface area contributed by atoms with Gasteiger partial charge >= 0.3 is 6.36 Å². The molecule has 1 aliphatic carbocycles. The number of nitrogens with one attached hydrogen (secondary N) is 3. The molecule has 0 radical (unpaired) electrons. The molecule has 1 saturated carbocycles. The molecule has 3 N–H and O–H groups in total. The van der Waals surface area contributed by atoms with Gasteiger partial charge in [0.25, 0.3) is 0 Å². The number of ether oxygens (including phenoxy) is 1. The summed E-state index contributed by atoms with van der Waals surface area (Å²) in [7, 11) is 0. The second kappa shape index (κ2) is 8.18. The zero-order valence-electron chi connectivity index (χ0n) is 17.1. The number of carbonyl (C=O) groups is 2. The highest BCUT2D eigenvalue weighted by Gasteiger charge is 2.51. The van der Waals surface area contributed by atoms with E-state index >= 15 is 0 Å². The number of anilines is 1. The minimum atomic E-state index is -4.79. The average Bonchev–Trinajstić information content (AvgIpc) is 3.39. The number of fused-ring (bicyclic) bond motifs is 1. The van der Waals surface area contributed by atoms with Gasteiger partial charge in [-0.3, -0.25) is 9.59 Å². The number of nitrogens with zero attached hydrogens (tertiary/aromatic N) is 1. The fourth-order valence-electron chi connectivity index (χ4n) is 3.37. The molecule has 2 aromatic carbocycles. The number of aromatic nitrogens is 2. The van der Waals surface area contributed by atoms with Crippen molar-refractivity contribution in [3.8, 4) is 5.75 Å². The second-order valence-corrected chi connectivity index (χ2v) is 7.90. The van der Waals surface area contributed by atoms with Crippen LogP contribution in [0.3, 0.4) is 0 Å². The number of carbonyl (C=O) groups excluding carboxylic acids is 2. The molecular formula is C22H21F3N4O3. The van der Waals surface area contributed by atoms with E-state index in [0.717, 1.165) is 23.2 Å². The van der Waals surface area contributed by atoms with Crippen LogP contribution in [0.15, 0.2) is 48.5 Å². The molecule has 1 aliphatic rings. The smallest absolute Gasteiger partial charge is 0.406 e. The van der Waals surface area contributed by atoms with Crippen LogP contribution in [0.5, 0.6) is 5.75 Å². The van der Waals surface area contributed by atoms with E-state index in [4.69, 9.17) is 0 Å². The molecule has 1 heterocycles. The number of alkyl halides is 3. The molecule has 32 heavy (non-hydrogen) atoms. The third kappa shape index (κ3) is 5.01. The van der Waals surface area contributed by atoms with Gasteiger partial charge in [-0.15, -0.1) is 13.2 Å². The molecule has 0 saturated heterocycles. The predicted octanol–water partition coefficient (Wildman–Crippen LogP) is 3.93. The second-order valence-electron chi connectivity index (χ2n) is 7.90. The first-order valence-electron chi connectivity index (χ1n) is 10.1. The lowest BCUT2D eigenvalue weighted by Gasteiger charge is -2.20. The number of aromatic amines is 1. The van der Waals surface area contributed by atoms with Gasteiger partial charge in [-0.05, 0) is 49.2 Å². The highest BCUT2D eigenvalue weighted by molar-refractivity contribution is 6.02. The molecule has 10 heteroatoms. The third-order valence-electron chi connectivity index (χ3n) is 5.28. The largest absolute Gasteiger partial charge is 0.573 e. The van der Waals surface area contributed by atoms with E-state index in [2.05, 4.69) is 25.3 Å². The fraction of sp³-hybridized carbons (Fsp3) is 0.318. The van der Waals surface area contributed by atoms with Crippen LogP contribution in [0.2, 0.25) is 0 Å². The summed E-state index contributed by atoms with van der Waals surface area (Å²) in [5, 5.41) is 5.46. The summed E-state index contributed by atoms with van der Waals surface area (Å²) in [5.41, 5.74) is 1.00. The van der Waals surface area contributed by atoms with Gasteiger partial charge in [-0.1, -0.05) is 19.1 Å². The molecule has 0 unspecified atom stereocenters. The molecule has 0 spiro atoms. The highest BCUT2D eigenvalue weighted by atomic mass is 19.4. The normalized spacial score (nSPS) is 15.8. The molecule has 168 valence electrons. The number of H-pyrrole nitrogens is 1. The van der Waals surface area contributed by atoms with E-state index in [9.17, 15) is 22.8 Å². The van der Waals surface area contributed by atoms with Gasteiger partial charge in [0.1, 0.15) is 17.1 Å². The number of hydrogen-bond acceptors (Lipinski definition) is 4. The van der Waals surface area contributed by atoms with Crippen molar-refractivity contribution in [2.45, 2.75) is 38.1 Å². The zero-order chi connectivity index (χ0) is 22.9. The predicted molar refractivity (Wildman–Crippen MR) is 111 cm³/mol. The third-order valence-corrected chi connectivity index (χ3v) is 5.28. The number of amides is 2. The van der Waals surface area contributed by atoms with Crippen LogP contribution in [-0.2, 0) is 16.0 Å². The van der Waals surface area contributed by atoms with Gasteiger partial charge in [0.2, 0.25) is 11.8 Å². The Morgan fingerprint density at radius 3 is 2.47 bits per heavy atom. The summed E-state index contributed by atoms with van der Waals surface area (Å²) in [5.74, 6) is -0.799. The van der Waals surface area contributed by atoms with Crippen LogP contribution in [0.25, 0.3) is 11.0 Å². The van der Waals surface area contributed by atoms with Gasteiger partial charge in [0.15, 0.2) is 0 Å². The number of rotatable bonds is 7. The van der Waals surface area contributed by atoms with Crippen LogP contribution in [0.1, 0.15) is 25.6 Å². The molecule has 2 amide bonds. The topological polar surface area (TPSA) is 96.1 Å². The Kier molecular flexibility index (Phi) is 5.53. The molecule has 1 atom stereocenters. The summed E-state index contributed by atoms with van der Waals surface area (Å²) in [6.45, 7) is 1.76. The maximum atomic E-state index is 12.7. The van der Waals surface area contributed by atoms with Crippen molar-refractivity contribution < 1.29 is 27.5 Å². The Labute approximate surface area is 181 Å². The van der Waals surface area contributed by atoms with E-state index in [0.29, 0.717) is 30.8 Å². The van der Waals surface area contributed by atoms with Crippen molar-refractivity contribution in [1.82, 2.24) is 15.3 Å². The fourth-order valence-corrected chi connectivity index (χ4v) is 3.37. The Morgan fingerprint density at radius 2 is 1.84 bits per heavy atom. The first-order valence-corrected chi connectivity index (χ1v) is 10.1. The van der Waals surface area contributed by atoms with E-state index in [1.807, 2.05) is 24.3 Å². The van der Waals surface area contributed by atoms with Crippen LogP contribution in [-0.4, -0.2) is 33.7 Å². The first-order chi connectivity index (χ1) is 15.1.